The molecule has 4 bridgehead atoms. The van der Waals surface area contributed by atoms with Gasteiger partial charge in [0.1, 0.15) is 12.1 Å². The molecule has 1 aromatic rings. The van der Waals surface area contributed by atoms with Gasteiger partial charge in [-0.2, -0.15) is 0 Å². The van der Waals surface area contributed by atoms with E-state index in [4.69, 9.17) is 0 Å². The molecule has 1 aliphatic heterocycles. The fourth-order valence-electron chi connectivity index (χ4n) is 6.75. The van der Waals surface area contributed by atoms with E-state index in [1.807, 2.05) is 0 Å². The Labute approximate surface area is 160 Å². The number of hydrogen-bond acceptors (Lipinski definition) is 4. The van der Waals surface area contributed by atoms with Gasteiger partial charge in [-0.3, -0.25) is 9.59 Å². The van der Waals surface area contributed by atoms with Crippen LogP contribution in [0.5, 0.6) is 0 Å². The van der Waals surface area contributed by atoms with E-state index >= 15 is 0 Å². The summed E-state index contributed by atoms with van der Waals surface area (Å²) in [5.74, 6) is 3.38. The predicted molar refractivity (Wildman–Crippen MR) is 101 cm³/mol. The summed E-state index contributed by atoms with van der Waals surface area (Å²) in [6.07, 6.45) is 10.7. The van der Waals surface area contributed by atoms with E-state index in [1.165, 1.54) is 44.9 Å². The molecule has 0 radical (unpaired) electrons. The highest BCUT2D eigenvalue weighted by molar-refractivity contribution is 5.91. The first kappa shape index (κ1) is 17.1. The van der Waals surface area contributed by atoms with E-state index in [0.717, 1.165) is 29.0 Å². The normalized spacial score (nSPS) is 33.7. The molecule has 6 heteroatoms. The number of nitrogens with zero attached hydrogens (tertiary/aromatic N) is 3. The zero-order valence-electron chi connectivity index (χ0n) is 16.0. The monoisotopic (exact) mass is 368 g/mol. The first-order valence-electron chi connectivity index (χ1n) is 10.4. The molecule has 6 rings (SSSR count). The molecule has 0 spiro atoms. The molecule has 5 aliphatic rings. The average molecular weight is 368 g/mol. The smallest absolute Gasteiger partial charge is 0.226 e. The van der Waals surface area contributed by atoms with Crippen LogP contribution in [0.2, 0.25) is 0 Å². The van der Waals surface area contributed by atoms with Gasteiger partial charge in [0.15, 0.2) is 0 Å². The molecule has 1 N–H and O–H groups in total. The standard InChI is InChI=1S/C21H28N4O2/c1-13(26)25-3-2-17-18(11-25)22-12-23-20(17)24-19(27)10-21-7-14-4-15(8-21)6-16(5-14)9-21/h12,14-16H,2-11H2,1H3,(H,22,23,24,27). The summed E-state index contributed by atoms with van der Waals surface area (Å²) in [6.45, 7) is 2.75. The van der Waals surface area contributed by atoms with Gasteiger partial charge in [0.25, 0.3) is 0 Å². The molecule has 6 nitrogen and oxygen atoms in total. The van der Waals surface area contributed by atoms with Crippen LogP contribution in [-0.2, 0) is 22.6 Å². The Hall–Kier alpha value is -1.98. The van der Waals surface area contributed by atoms with Crippen molar-refractivity contribution in [2.45, 2.75) is 64.8 Å². The lowest BCUT2D eigenvalue weighted by molar-refractivity contribution is -0.130. The number of fused-ring (bicyclic) bond motifs is 1. The van der Waals surface area contributed by atoms with E-state index in [0.29, 0.717) is 31.7 Å². The van der Waals surface area contributed by atoms with Gasteiger partial charge in [-0.1, -0.05) is 0 Å². The third kappa shape index (κ3) is 3.13. The number of amides is 2. The van der Waals surface area contributed by atoms with Crippen LogP contribution in [0.25, 0.3) is 0 Å². The minimum atomic E-state index is 0.0617. The second-order valence-electron chi connectivity index (χ2n) is 9.48. The molecule has 1 aromatic heterocycles. The summed E-state index contributed by atoms with van der Waals surface area (Å²) in [5, 5.41) is 3.10. The largest absolute Gasteiger partial charge is 0.337 e. The Morgan fingerprint density at radius 1 is 1.15 bits per heavy atom. The van der Waals surface area contributed by atoms with Gasteiger partial charge in [-0.25, -0.2) is 9.97 Å². The Balaban J connectivity index is 1.30. The third-order valence-electron chi connectivity index (χ3n) is 7.41. The molecule has 0 atom stereocenters. The summed E-state index contributed by atoms with van der Waals surface area (Å²) in [4.78, 5) is 35.0. The van der Waals surface area contributed by atoms with Crippen LogP contribution >= 0.6 is 0 Å². The van der Waals surface area contributed by atoms with E-state index in [1.54, 1.807) is 11.8 Å². The van der Waals surface area contributed by atoms with Gasteiger partial charge in [0.2, 0.25) is 11.8 Å². The van der Waals surface area contributed by atoms with Gasteiger partial charge < -0.3 is 10.2 Å². The lowest BCUT2D eigenvalue weighted by atomic mass is 9.49. The van der Waals surface area contributed by atoms with Crippen molar-refractivity contribution in [2.24, 2.45) is 23.2 Å². The molecule has 4 fully saturated rings. The number of rotatable bonds is 3. The van der Waals surface area contributed by atoms with Crippen LogP contribution in [-0.4, -0.2) is 33.2 Å². The van der Waals surface area contributed by atoms with Crippen LogP contribution in [0.3, 0.4) is 0 Å². The molecular formula is C21H28N4O2. The van der Waals surface area contributed by atoms with Crippen molar-refractivity contribution in [3.8, 4) is 0 Å². The second-order valence-corrected chi connectivity index (χ2v) is 9.48. The van der Waals surface area contributed by atoms with Gasteiger partial charge in [0, 0.05) is 25.5 Å². The molecular weight excluding hydrogens is 340 g/mol. The highest BCUT2D eigenvalue weighted by Gasteiger charge is 2.51. The molecule has 27 heavy (non-hydrogen) atoms. The van der Waals surface area contributed by atoms with Crippen molar-refractivity contribution in [1.82, 2.24) is 14.9 Å². The van der Waals surface area contributed by atoms with Crippen LogP contribution in [0, 0.1) is 23.2 Å². The molecule has 2 amide bonds. The number of carbonyl (C=O) groups is 2. The number of aromatic nitrogens is 2. The maximum Gasteiger partial charge on any atom is 0.226 e. The summed E-state index contributed by atoms with van der Waals surface area (Å²) < 4.78 is 0. The van der Waals surface area contributed by atoms with Crippen LogP contribution in [0.15, 0.2) is 6.33 Å². The lowest BCUT2D eigenvalue weighted by Crippen LogP contribution is -2.47. The highest BCUT2D eigenvalue weighted by Crippen LogP contribution is 2.61. The fraction of sp³-hybridized carbons (Fsp3) is 0.714. The van der Waals surface area contributed by atoms with E-state index in [2.05, 4.69) is 15.3 Å². The Kier molecular flexibility index (Phi) is 3.99. The van der Waals surface area contributed by atoms with Crippen molar-refractivity contribution in [3.05, 3.63) is 17.6 Å². The number of anilines is 1. The Morgan fingerprint density at radius 3 is 2.44 bits per heavy atom. The maximum absolute atomic E-state index is 12.9. The molecule has 2 heterocycles. The quantitative estimate of drug-likeness (QED) is 0.890. The molecule has 0 aromatic carbocycles. The fourth-order valence-corrected chi connectivity index (χ4v) is 6.75. The second kappa shape index (κ2) is 6.28. The summed E-state index contributed by atoms with van der Waals surface area (Å²) >= 11 is 0. The zero-order chi connectivity index (χ0) is 18.6. The average Bonchev–Trinajstić information content (AvgIpc) is 2.59. The van der Waals surface area contributed by atoms with Crippen molar-refractivity contribution in [3.63, 3.8) is 0 Å². The minimum absolute atomic E-state index is 0.0617. The van der Waals surface area contributed by atoms with Crippen molar-refractivity contribution in [1.29, 1.82) is 0 Å². The first-order valence-corrected chi connectivity index (χ1v) is 10.4. The SMILES string of the molecule is CC(=O)N1CCc2c(ncnc2NC(=O)CC23CC4CC(CC(C4)C2)C3)C1. The van der Waals surface area contributed by atoms with E-state index in [9.17, 15) is 9.59 Å². The first-order chi connectivity index (χ1) is 13.0. The molecule has 0 unspecified atom stereocenters. The topological polar surface area (TPSA) is 75.2 Å². The van der Waals surface area contributed by atoms with Gasteiger partial charge in [-0.05, 0) is 68.1 Å². The number of carbonyl (C=O) groups excluding carboxylic acids is 2. The highest BCUT2D eigenvalue weighted by atomic mass is 16.2. The van der Waals surface area contributed by atoms with Crippen molar-refractivity contribution >= 4 is 17.6 Å². The van der Waals surface area contributed by atoms with E-state index in [-0.39, 0.29) is 17.2 Å². The molecule has 4 aliphatic carbocycles. The Morgan fingerprint density at radius 2 is 1.81 bits per heavy atom. The zero-order valence-corrected chi connectivity index (χ0v) is 16.0. The van der Waals surface area contributed by atoms with Crippen molar-refractivity contribution in [2.75, 3.05) is 11.9 Å². The molecule has 144 valence electrons. The van der Waals surface area contributed by atoms with Crippen LogP contribution < -0.4 is 5.32 Å². The Bertz CT molecular complexity index is 755. The number of hydrogen-bond donors (Lipinski definition) is 1. The van der Waals surface area contributed by atoms with Gasteiger partial charge >= 0.3 is 0 Å². The third-order valence-corrected chi connectivity index (χ3v) is 7.41. The maximum atomic E-state index is 12.9. The number of nitrogens with one attached hydrogen (secondary N) is 1. The summed E-state index contributed by atoms with van der Waals surface area (Å²) in [6, 6.07) is 0. The molecule has 4 saturated carbocycles. The lowest BCUT2D eigenvalue weighted by Gasteiger charge is -2.56. The van der Waals surface area contributed by atoms with Gasteiger partial charge in [0.05, 0.1) is 12.2 Å². The van der Waals surface area contributed by atoms with Crippen molar-refractivity contribution < 1.29 is 9.59 Å². The van der Waals surface area contributed by atoms with Crippen LogP contribution in [0.1, 0.15) is 63.1 Å². The van der Waals surface area contributed by atoms with Gasteiger partial charge in [-0.15, -0.1) is 0 Å². The predicted octanol–water partition coefficient (Wildman–Crippen LogP) is 2.93. The minimum Gasteiger partial charge on any atom is -0.337 e. The van der Waals surface area contributed by atoms with Crippen LogP contribution in [0.4, 0.5) is 5.82 Å². The van der Waals surface area contributed by atoms with E-state index < -0.39 is 0 Å². The summed E-state index contributed by atoms with van der Waals surface area (Å²) in [5.41, 5.74) is 2.09. The molecule has 0 saturated heterocycles. The summed E-state index contributed by atoms with van der Waals surface area (Å²) in [7, 11) is 0.